The van der Waals surface area contributed by atoms with Crippen LogP contribution in [-0.2, 0) is 4.79 Å². The Balaban J connectivity index is 2.26. The highest BCUT2D eigenvalue weighted by Gasteiger charge is 2.25. The molecule has 0 spiro atoms. The van der Waals surface area contributed by atoms with Crippen molar-refractivity contribution in [3.63, 3.8) is 0 Å². The molecule has 0 radical (unpaired) electrons. The van der Waals surface area contributed by atoms with Gasteiger partial charge in [0.25, 0.3) is 0 Å². The average Bonchev–Trinajstić information content (AvgIpc) is 2.71. The van der Waals surface area contributed by atoms with E-state index in [1.807, 2.05) is 17.7 Å². The summed E-state index contributed by atoms with van der Waals surface area (Å²) in [5, 5.41) is 13.7. The molecule has 74 valence electrons. The van der Waals surface area contributed by atoms with Crippen molar-refractivity contribution in [2.75, 3.05) is 5.75 Å². The van der Waals surface area contributed by atoms with Gasteiger partial charge in [0, 0.05) is 16.7 Å². The van der Waals surface area contributed by atoms with Gasteiger partial charge < -0.3 is 5.11 Å². The van der Waals surface area contributed by atoms with Crippen molar-refractivity contribution in [2.45, 2.75) is 13.0 Å². The monoisotopic (exact) mass is 227 g/mol. The van der Waals surface area contributed by atoms with E-state index < -0.39 is 12.0 Å². The number of nitrogens with zero attached hydrogens (tertiary/aromatic N) is 1. The van der Waals surface area contributed by atoms with Gasteiger partial charge in [0.2, 0.25) is 0 Å². The van der Waals surface area contributed by atoms with Crippen LogP contribution in [0.3, 0.4) is 0 Å². The Labute approximate surface area is 89.9 Å². The fraction of sp³-hybridized carbons (Fsp3) is 0.333. The van der Waals surface area contributed by atoms with Crippen LogP contribution in [0.25, 0.3) is 0 Å². The molecule has 1 aromatic heterocycles. The van der Waals surface area contributed by atoms with E-state index in [0.717, 1.165) is 10.6 Å². The lowest BCUT2D eigenvalue weighted by Crippen LogP contribution is -2.17. The Bertz CT molecular complexity index is 397. The highest BCUT2D eigenvalue weighted by Crippen LogP contribution is 2.27. The first kappa shape index (κ1) is 9.73. The van der Waals surface area contributed by atoms with E-state index in [2.05, 4.69) is 4.99 Å². The number of hydrogen-bond donors (Lipinski definition) is 1. The smallest absolute Gasteiger partial charge is 0.329 e. The Hall–Kier alpha value is -0.810. The molecule has 0 aliphatic carbocycles. The second-order valence-electron chi connectivity index (χ2n) is 3.07. The summed E-state index contributed by atoms with van der Waals surface area (Å²) in [7, 11) is 0. The molecule has 0 bridgehead atoms. The van der Waals surface area contributed by atoms with Crippen molar-refractivity contribution in [2.24, 2.45) is 4.99 Å². The van der Waals surface area contributed by atoms with E-state index in [4.69, 9.17) is 5.11 Å². The minimum atomic E-state index is -0.833. The van der Waals surface area contributed by atoms with Crippen LogP contribution in [0.1, 0.15) is 11.1 Å². The molecule has 3 nitrogen and oxygen atoms in total. The largest absolute Gasteiger partial charge is 0.480 e. The third-order valence-electron chi connectivity index (χ3n) is 2.02. The summed E-state index contributed by atoms with van der Waals surface area (Å²) < 4.78 is 0. The van der Waals surface area contributed by atoms with E-state index >= 15 is 0 Å². The normalized spacial score (nSPS) is 20.9. The molecule has 0 aromatic carbocycles. The molecule has 5 heteroatoms. The first-order chi connectivity index (χ1) is 6.68. The Morgan fingerprint density at radius 1 is 1.64 bits per heavy atom. The lowest BCUT2D eigenvalue weighted by Gasteiger charge is -1.96. The van der Waals surface area contributed by atoms with E-state index in [1.54, 1.807) is 11.3 Å². The molecule has 1 atom stereocenters. The maximum atomic E-state index is 10.7. The fourth-order valence-electron chi connectivity index (χ4n) is 1.23. The summed E-state index contributed by atoms with van der Waals surface area (Å²) in [4.78, 5) is 14.9. The number of hydrogen-bond acceptors (Lipinski definition) is 4. The summed E-state index contributed by atoms with van der Waals surface area (Å²) >= 11 is 3.15. The number of aryl methyl sites for hydroxylation is 1. The van der Waals surface area contributed by atoms with E-state index in [1.165, 1.54) is 17.3 Å². The van der Waals surface area contributed by atoms with Crippen LogP contribution in [0.4, 0.5) is 0 Å². The standard InChI is InChI=1S/C9H9NO2S2/c1-5-2-13-3-6(5)8-10-7(4-14-8)9(11)12/h2-3,7H,4H2,1H3,(H,11,12). The maximum absolute atomic E-state index is 10.7. The molecule has 0 amide bonds. The molecule has 2 heterocycles. The van der Waals surface area contributed by atoms with Crippen LogP contribution in [0.15, 0.2) is 15.8 Å². The zero-order valence-electron chi connectivity index (χ0n) is 7.56. The van der Waals surface area contributed by atoms with Crippen molar-refractivity contribution in [3.05, 3.63) is 21.9 Å². The molecule has 1 unspecified atom stereocenters. The summed E-state index contributed by atoms with van der Waals surface area (Å²) in [6.07, 6.45) is 0. The van der Waals surface area contributed by atoms with Gasteiger partial charge in [-0.1, -0.05) is 0 Å². The van der Waals surface area contributed by atoms with Crippen LogP contribution in [-0.4, -0.2) is 27.9 Å². The van der Waals surface area contributed by atoms with Crippen LogP contribution < -0.4 is 0 Å². The first-order valence-electron chi connectivity index (χ1n) is 4.15. The second-order valence-corrected chi connectivity index (χ2v) is 4.82. The van der Waals surface area contributed by atoms with Gasteiger partial charge in [-0.2, -0.15) is 11.3 Å². The van der Waals surface area contributed by atoms with Gasteiger partial charge in [-0.15, -0.1) is 11.8 Å². The first-order valence-corrected chi connectivity index (χ1v) is 6.08. The Kier molecular flexibility index (Phi) is 2.60. The van der Waals surface area contributed by atoms with Crippen molar-refractivity contribution in [1.29, 1.82) is 0 Å². The molecule has 0 saturated heterocycles. The number of thiophene rings is 1. The zero-order valence-corrected chi connectivity index (χ0v) is 9.19. The number of carboxylic acid groups (broad SMARTS) is 1. The maximum Gasteiger partial charge on any atom is 0.329 e. The minimum absolute atomic E-state index is 0.556. The molecular formula is C9H9NO2S2. The highest BCUT2D eigenvalue weighted by molar-refractivity contribution is 8.14. The zero-order chi connectivity index (χ0) is 10.1. The lowest BCUT2D eigenvalue weighted by atomic mass is 10.2. The van der Waals surface area contributed by atoms with Crippen molar-refractivity contribution in [3.8, 4) is 0 Å². The molecule has 0 fully saturated rings. The molecule has 1 aliphatic rings. The molecule has 1 aromatic rings. The predicted octanol–water partition coefficient (Wildman–Crippen LogP) is 2.00. The lowest BCUT2D eigenvalue weighted by molar-refractivity contribution is -0.137. The Morgan fingerprint density at radius 2 is 2.43 bits per heavy atom. The second kappa shape index (κ2) is 3.74. The number of rotatable bonds is 2. The van der Waals surface area contributed by atoms with E-state index in [-0.39, 0.29) is 0 Å². The third-order valence-corrected chi connectivity index (χ3v) is 3.96. The van der Waals surface area contributed by atoms with Crippen LogP contribution >= 0.6 is 23.1 Å². The van der Waals surface area contributed by atoms with Crippen LogP contribution in [0.2, 0.25) is 0 Å². The molecule has 14 heavy (non-hydrogen) atoms. The number of thioether (sulfide) groups is 1. The summed E-state index contributed by atoms with van der Waals surface area (Å²) in [5.41, 5.74) is 2.26. The summed E-state index contributed by atoms with van der Waals surface area (Å²) in [6.45, 7) is 2.02. The SMILES string of the molecule is Cc1cscc1C1=NC(C(=O)O)CS1. The van der Waals surface area contributed by atoms with Gasteiger partial charge in [0.05, 0.1) is 5.04 Å². The number of carboxylic acids is 1. The van der Waals surface area contributed by atoms with Gasteiger partial charge in [0.1, 0.15) is 0 Å². The van der Waals surface area contributed by atoms with Gasteiger partial charge >= 0.3 is 5.97 Å². The van der Waals surface area contributed by atoms with Gasteiger partial charge in [-0.05, 0) is 17.9 Å². The van der Waals surface area contributed by atoms with Gasteiger partial charge in [0.15, 0.2) is 6.04 Å². The van der Waals surface area contributed by atoms with Crippen molar-refractivity contribution >= 4 is 34.1 Å². The number of aliphatic carboxylic acids is 1. The summed E-state index contributed by atoms with van der Waals surface area (Å²) in [6, 6.07) is -0.561. The minimum Gasteiger partial charge on any atom is -0.480 e. The molecule has 1 N–H and O–H groups in total. The van der Waals surface area contributed by atoms with Crippen molar-refractivity contribution < 1.29 is 9.90 Å². The molecule has 2 rings (SSSR count). The third kappa shape index (κ3) is 1.69. The van der Waals surface area contributed by atoms with Gasteiger partial charge in [-0.25, -0.2) is 4.79 Å². The molecular weight excluding hydrogens is 218 g/mol. The topological polar surface area (TPSA) is 49.7 Å². The number of carbonyl (C=O) groups is 1. The van der Waals surface area contributed by atoms with Gasteiger partial charge in [-0.3, -0.25) is 4.99 Å². The van der Waals surface area contributed by atoms with Crippen LogP contribution in [0.5, 0.6) is 0 Å². The number of aliphatic imine (C=N–C) groups is 1. The van der Waals surface area contributed by atoms with E-state index in [0.29, 0.717) is 5.75 Å². The predicted molar refractivity (Wildman–Crippen MR) is 59.5 cm³/mol. The van der Waals surface area contributed by atoms with E-state index in [9.17, 15) is 4.79 Å². The van der Waals surface area contributed by atoms with Crippen molar-refractivity contribution in [1.82, 2.24) is 0 Å². The average molecular weight is 227 g/mol. The fourth-order valence-corrected chi connectivity index (χ4v) is 3.24. The highest BCUT2D eigenvalue weighted by atomic mass is 32.2. The quantitative estimate of drug-likeness (QED) is 0.840. The van der Waals surface area contributed by atoms with Crippen LogP contribution in [0, 0.1) is 6.92 Å². The Morgan fingerprint density at radius 3 is 2.93 bits per heavy atom. The molecule has 0 saturated carbocycles. The molecule has 1 aliphatic heterocycles. The summed E-state index contributed by atoms with van der Waals surface area (Å²) in [5.74, 6) is -0.277.